The molecule has 0 amide bonds. The SMILES string of the molecule is CC1CCCCC1Nc1c(N)cncc1Br. The Morgan fingerprint density at radius 2 is 2.12 bits per heavy atom. The van der Waals surface area contributed by atoms with Crippen molar-refractivity contribution in [3.05, 3.63) is 16.9 Å². The Morgan fingerprint density at radius 3 is 2.81 bits per heavy atom. The molecule has 1 fully saturated rings. The van der Waals surface area contributed by atoms with Crippen LogP contribution in [0.15, 0.2) is 16.9 Å². The average molecular weight is 284 g/mol. The lowest BCUT2D eigenvalue weighted by Crippen LogP contribution is -2.30. The molecule has 1 heterocycles. The third-order valence-corrected chi connectivity index (χ3v) is 3.97. The van der Waals surface area contributed by atoms with Crippen molar-refractivity contribution in [1.82, 2.24) is 4.98 Å². The molecule has 0 aliphatic heterocycles. The van der Waals surface area contributed by atoms with E-state index < -0.39 is 0 Å². The normalized spacial score (nSPS) is 25.4. The average Bonchev–Trinajstić information content (AvgIpc) is 2.26. The second-order valence-electron chi connectivity index (χ2n) is 4.60. The minimum atomic E-state index is 0.537. The van der Waals surface area contributed by atoms with Gasteiger partial charge in [0.2, 0.25) is 0 Å². The first kappa shape index (κ1) is 11.7. The van der Waals surface area contributed by atoms with Crippen molar-refractivity contribution < 1.29 is 0 Å². The Morgan fingerprint density at radius 1 is 1.38 bits per heavy atom. The van der Waals surface area contributed by atoms with Crippen molar-refractivity contribution in [3.63, 3.8) is 0 Å². The molecular formula is C12H18BrN3. The van der Waals surface area contributed by atoms with Gasteiger partial charge in [-0.1, -0.05) is 19.8 Å². The predicted octanol–water partition coefficient (Wildman–Crippen LogP) is 3.42. The molecule has 0 radical (unpaired) electrons. The molecule has 1 saturated carbocycles. The van der Waals surface area contributed by atoms with E-state index in [2.05, 4.69) is 33.2 Å². The van der Waals surface area contributed by atoms with Gasteiger partial charge in [-0.05, 0) is 34.7 Å². The molecular weight excluding hydrogens is 266 g/mol. The van der Waals surface area contributed by atoms with Gasteiger partial charge in [0.15, 0.2) is 0 Å². The fourth-order valence-electron chi connectivity index (χ4n) is 2.32. The summed E-state index contributed by atoms with van der Waals surface area (Å²) >= 11 is 3.49. The van der Waals surface area contributed by atoms with E-state index in [0.717, 1.165) is 10.2 Å². The number of nitrogens with two attached hydrogens (primary N) is 1. The van der Waals surface area contributed by atoms with Crippen molar-refractivity contribution in [3.8, 4) is 0 Å². The monoisotopic (exact) mass is 283 g/mol. The number of pyridine rings is 1. The van der Waals surface area contributed by atoms with Crippen molar-refractivity contribution in [2.45, 2.75) is 38.6 Å². The van der Waals surface area contributed by atoms with Crippen LogP contribution in [0.1, 0.15) is 32.6 Å². The molecule has 4 heteroatoms. The zero-order valence-corrected chi connectivity index (χ0v) is 11.1. The summed E-state index contributed by atoms with van der Waals surface area (Å²) < 4.78 is 0.949. The number of nitrogens with zero attached hydrogens (tertiary/aromatic N) is 1. The third kappa shape index (κ3) is 2.48. The largest absolute Gasteiger partial charge is 0.396 e. The number of aromatic nitrogens is 1. The fraction of sp³-hybridized carbons (Fsp3) is 0.583. The highest BCUT2D eigenvalue weighted by atomic mass is 79.9. The van der Waals surface area contributed by atoms with Gasteiger partial charge in [-0.2, -0.15) is 0 Å². The van der Waals surface area contributed by atoms with Crippen LogP contribution in [0.2, 0.25) is 0 Å². The number of nitrogens with one attached hydrogen (secondary N) is 1. The lowest BCUT2D eigenvalue weighted by atomic mass is 9.86. The highest BCUT2D eigenvalue weighted by molar-refractivity contribution is 9.10. The van der Waals surface area contributed by atoms with E-state index in [9.17, 15) is 0 Å². The minimum Gasteiger partial charge on any atom is -0.396 e. The van der Waals surface area contributed by atoms with Gasteiger partial charge in [-0.3, -0.25) is 4.98 Å². The highest BCUT2D eigenvalue weighted by Gasteiger charge is 2.22. The minimum absolute atomic E-state index is 0.537. The maximum atomic E-state index is 5.93. The highest BCUT2D eigenvalue weighted by Crippen LogP contribution is 2.32. The van der Waals surface area contributed by atoms with Crippen molar-refractivity contribution >= 4 is 27.3 Å². The van der Waals surface area contributed by atoms with E-state index in [1.165, 1.54) is 25.7 Å². The smallest absolute Gasteiger partial charge is 0.0752 e. The molecule has 1 aromatic rings. The quantitative estimate of drug-likeness (QED) is 0.875. The Kier molecular flexibility index (Phi) is 3.69. The molecule has 0 bridgehead atoms. The van der Waals surface area contributed by atoms with E-state index in [4.69, 9.17) is 5.73 Å². The maximum Gasteiger partial charge on any atom is 0.0752 e. The molecule has 3 nitrogen and oxygen atoms in total. The number of nitrogen functional groups attached to an aromatic ring is 1. The van der Waals surface area contributed by atoms with Gasteiger partial charge < -0.3 is 11.1 Å². The molecule has 0 spiro atoms. The number of hydrogen-bond donors (Lipinski definition) is 2. The van der Waals surface area contributed by atoms with Gasteiger partial charge in [0.05, 0.1) is 22.0 Å². The van der Waals surface area contributed by atoms with Gasteiger partial charge in [-0.15, -0.1) is 0 Å². The molecule has 2 atom stereocenters. The molecule has 16 heavy (non-hydrogen) atoms. The first-order valence-electron chi connectivity index (χ1n) is 5.84. The maximum absolute atomic E-state index is 5.93. The summed E-state index contributed by atoms with van der Waals surface area (Å²) in [4.78, 5) is 4.04. The van der Waals surface area contributed by atoms with Crippen LogP contribution in [0.25, 0.3) is 0 Å². The Balaban J connectivity index is 2.13. The van der Waals surface area contributed by atoms with E-state index in [1.807, 2.05) is 0 Å². The van der Waals surface area contributed by atoms with Crippen LogP contribution in [-0.4, -0.2) is 11.0 Å². The lowest BCUT2D eigenvalue weighted by Gasteiger charge is -2.31. The van der Waals surface area contributed by atoms with Gasteiger partial charge in [0, 0.05) is 12.2 Å². The van der Waals surface area contributed by atoms with E-state index in [0.29, 0.717) is 17.6 Å². The van der Waals surface area contributed by atoms with E-state index in [-0.39, 0.29) is 0 Å². The summed E-state index contributed by atoms with van der Waals surface area (Å²) in [6.45, 7) is 2.31. The first-order valence-corrected chi connectivity index (χ1v) is 6.63. The standard InChI is InChI=1S/C12H18BrN3/c1-8-4-2-3-5-11(8)16-12-9(13)6-15-7-10(12)14/h6-8,11H,2-5,14H2,1H3,(H,15,16). The molecule has 88 valence electrons. The molecule has 2 rings (SSSR count). The molecule has 2 unspecified atom stereocenters. The summed E-state index contributed by atoms with van der Waals surface area (Å²) in [6.07, 6.45) is 8.68. The van der Waals surface area contributed by atoms with Crippen LogP contribution in [0.5, 0.6) is 0 Å². The first-order chi connectivity index (χ1) is 7.68. The number of rotatable bonds is 2. The lowest BCUT2D eigenvalue weighted by molar-refractivity contribution is 0.349. The van der Waals surface area contributed by atoms with Crippen molar-refractivity contribution in [2.24, 2.45) is 5.92 Å². The number of anilines is 2. The molecule has 3 N–H and O–H groups in total. The van der Waals surface area contributed by atoms with Crippen LogP contribution >= 0.6 is 15.9 Å². The van der Waals surface area contributed by atoms with Crippen LogP contribution < -0.4 is 11.1 Å². The summed E-state index contributed by atoms with van der Waals surface area (Å²) in [5, 5.41) is 3.56. The summed E-state index contributed by atoms with van der Waals surface area (Å²) in [6, 6.07) is 0.537. The number of halogens is 1. The molecule has 0 saturated heterocycles. The Bertz CT molecular complexity index is 347. The second-order valence-corrected chi connectivity index (χ2v) is 5.45. The van der Waals surface area contributed by atoms with Gasteiger partial charge in [0.1, 0.15) is 0 Å². The Labute approximate surface area is 105 Å². The summed E-state index contributed by atoms with van der Waals surface area (Å²) in [5.41, 5.74) is 7.64. The van der Waals surface area contributed by atoms with Crippen LogP contribution in [-0.2, 0) is 0 Å². The zero-order valence-electron chi connectivity index (χ0n) is 9.54. The molecule has 0 aromatic carbocycles. The molecule has 1 aliphatic carbocycles. The van der Waals surface area contributed by atoms with Gasteiger partial charge in [-0.25, -0.2) is 0 Å². The summed E-state index contributed by atoms with van der Waals surface area (Å²) in [7, 11) is 0. The van der Waals surface area contributed by atoms with Gasteiger partial charge >= 0.3 is 0 Å². The van der Waals surface area contributed by atoms with Crippen LogP contribution in [0, 0.1) is 5.92 Å². The second kappa shape index (κ2) is 5.04. The number of hydrogen-bond acceptors (Lipinski definition) is 3. The van der Waals surface area contributed by atoms with Crippen LogP contribution in [0.4, 0.5) is 11.4 Å². The predicted molar refractivity (Wildman–Crippen MR) is 71.4 cm³/mol. The van der Waals surface area contributed by atoms with E-state index >= 15 is 0 Å². The zero-order chi connectivity index (χ0) is 11.5. The fourth-order valence-corrected chi connectivity index (χ4v) is 2.78. The third-order valence-electron chi connectivity index (χ3n) is 3.37. The van der Waals surface area contributed by atoms with Crippen LogP contribution in [0.3, 0.4) is 0 Å². The summed E-state index contributed by atoms with van der Waals surface area (Å²) in [5.74, 6) is 0.716. The van der Waals surface area contributed by atoms with Gasteiger partial charge in [0.25, 0.3) is 0 Å². The van der Waals surface area contributed by atoms with Crippen molar-refractivity contribution in [1.29, 1.82) is 0 Å². The van der Waals surface area contributed by atoms with E-state index in [1.54, 1.807) is 12.4 Å². The molecule has 1 aromatic heterocycles. The Hall–Kier alpha value is -0.770. The molecule has 1 aliphatic rings. The van der Waals surface area contributed by atoms with Crippen molar-refractivity contribution in [2.75, 3.05) is 11.1 Å². The topological polar surface area (TPSA) is 50.9 Å².